The lowest BCUT2D eigenvalue weighted by molar-refractivity contribution is 0.123. The van der Waals surface area contributed by atoms with E-state index in [9.17, 15) is 0 Å². The minimum atomic E-state index is -2.45. The Bertz CT molecular complexity index is 549. The molecule has 1 aromatic heterocycles. The zero-order valence-electron chi connectivity index (χ0n) is 12.3. The summed E-state index contributed by atoms with van der Waals surface area (Å²) in [5, 5.41) is 1.18. The van der Waals surface area contributed by atoms with Crippen molar-refractivity contribution in [1.82, 2.24) is 4.98 Å². The van der Waals surface area contributed by atoms with Gasteiger partial charge in [0, 0.05) is 39.0 Å². The minimum absolute atomic E-state index is 0.809. The predicted octanol–water partition coefficient (Wildman–Crippen LogP) is 3.05. The zero-order valence-corrected chi connectivity index (χ0v) is 13.3. The molecule has 108 valence electrons. The average molecular weight is 291 g/mol. The molecule has 20 heavy (non-hydrogen) atoms. The number of hydrogen-bond donors (Lipinski definition) is 0. The van der Waals surface area contributed by atoms with E-state index in [1.165, 1.54) is 10.9 Å². The number of fused-ring (bicyclic) bond motifs is 1. The minimum Gasteiger partial charge on any atom is -0.377 e. The van der Waals surface area contributed by atoms with Crippen LogP contribution in [0.2, 0.25) is 6.04 Å². The first kappa shape index (κ1) is 15.1. The van der Waals surface area contributed by atoms with Gasteiger partial charge in [0.25, 0.3) is 0 Å². The Morgan fingerprint density at radius 3 is 2.45 bits per heavy atom. The summed E-state index contributed by atoms with van der Waals surface area (Å²) < 4.78 is 16.3. The second kappa shape index (κ2) is 6.94. The number of benzene rings is 1. The van der Waals surface area contributed by atoms with Gasteiger partial charge in [-0.2, -0.15) is 0 Å². The maximum absolute atomic E-state index is 5.42. The molecule has 0 N–H and O–H groups in total. The van der Waals surface area contributed by atoms with Gasteiger partial charge in [0.2, 0.25) is 0 Å². The quantitative estimate of drug-likeness (QED) is 0.735. The SMILES string of the molecule is CO[Si](CCCc1cnc2ccccc2c1)(OC)OC. The lowest BCUT2D eigenvalue weighted by atomic mass is 10.1. The molecule has 2 rings (SSSR count). The summed E-state index contributed by atoms with van der Waals surface area (Å²) in [6.07, 6.45) is 3.85. The molecular formula is C15H21NO3Si. The number of rotatable bonds is 7. The molecule has 0 fully saturated rings. The highest BCUT2D eigenvalue weighted by Gasteiger charge is 2.36. The molecule has 0 unspecified atom stereocenters. The van der Waals surface area contributed by atoms with Crippen LogP contribution in [0.1, 0.15) is 12.0 Å². The first-order valence-corrected chi connectivity index (χ1v) is 8.65. The standard InChI is InChI=1S/C15H21NO3Si/c1-17-20(18-2,19-3)10-6-7-13-11-14-8-4-5-9-15(14)16-12-13/h4-5,8-9,11-12H,6-7,10H2,1-3H3. The topological polar surface area (TPSA) is 40.6 Å². The van der Waals surface area contributed by atoms with Crippen molar-refractivity contribution < 1.29 is 13.3 Å². The fourth-order valence-corrected chi connectivity index (χ4v) is 4.04. The van der Waals surface area contributed by atoms with E-state index < -0.39 is 8.80 Å². The molecule has 1 aromatic carbocycles. The summed E-state index contributed by atoms with van der Waals surface area (Å²) in [7, 11) is 2.50. The largest absolute Gasteiger partial charge is 0.500 e. The second-order valence-corrected chi connectivity index (χ2v) is 7.78. The van der Waals surface area contributed by atoms with Crippen LogP contribution in [-0.2, 0) is 19.7 Å². The van der Waals surface area contributed by atoms with E-state index >= 15 is 0 Å². The fraction of sp³-hybridized carbons (Fsp3) is 0.400. The van der Waals surface area contributed by atoms with Crippen molar-refractivity contribution in [3.05, 3.63) is 42.1 Å². The molecule has 0 aliphatic carbocycles. The lowest BCUT2D eigenvalue weighted by Gasteiger charge is -2.24. The van der Waals surface area contributed by atoms with E-state index in [2.05, 4.69) is 17.1 Å². The maximum Gasteiger partial charge on any atom is 0.500 e. The molecule has 0 spiro atoms. The molecule has 0 saturated heterocycles. The molecule has 4 nitrogen and oxygen atoms in total. The van der Waals surface area contributed by atoms with E-state index in [1.807, 2.05) is 24.4 Å². The molecule has 0 aliphatic rings. The molecule has 0 saturated carbocycles. The van der Waals surface area contributed by atoms with Gasteiger partial charge in [0.15, 0.2) is 0 Å². The molecule has 1 heterocycles. The Morgan fingerprint density at radius 1 is 1.05 bits per heavy atom. The second-order valence-electron chi connectivity index (χ2n) is 4.69. The molecule has 0 radical (unpaired) electrons. The summed E-state index contributed by atoms with van der Waals surface area (Å²) in [4.78, 5) is 4.47. The van der Waals surface area contributed by atoms with Gasteiger partial charge in [-0.3, -0.25) is 4.98 Å². The maximum atomic E-state index is 5.42. The first-order valence-electron chi connectivity index (χ1n) is 6.72. The van der Waals surface area contributed by atoms with Crippen molar-refractivity contribution in [3.63, 3.8) is 0 Å². The van der Waals surface area contributed by atoms with Crippen molar-refractivity contribution in [1.29, 1.82) is 0 Å². The third-order valence-electron chi connectivity index (χ3n) is 3.53. The van der Waals surface area contributed by atoms with Gasteiger partial charge in [-0.15, -0.1) is 0 Å². The van der Waals surface area contributed by atoms with Crippen LogP contribution < -0.4 is 0 Å². The third kappa shape index (κ3) is 3.43. The number of aryl methyl sites for hydroxylation is 1. The smallest absolute Gasteiger partial charge is 0.377 e. The summed E-state index contributed by atoms with van der Waals surface area (Å²) in [6, 6.07) is 11.2. The molecule has 2 aromatic rings. The zero-order chi connectivity index (χ0) is 14.4. The van der Waals surface area contributed by atoms with Crippen molar-refractivity contribution in [2.24, 2.45) is 0 Å². The van der Waals surface area contributed by atoms with Gasteiger partial charge in [-0.25, -0.2) is 0 Å². The number of nitrogens with zero attached hydrogens (tertiary/aromatic N) is 1. The van der Waals surface area contributed by atoms with Crippen LogP contribution in [0.3, 0.4) is 0 Å². The van der Waals surface area contributed by atoms with E-state index in [1.54, 1.807) is 21.3 Å². The Balaban J connectivity index is 1.99. The van der Waals surface area contributed by atoms with Gasteiger partial charge in [0.05, 0.1) is 5.52 Å². The Kier molecular flexibility index (Phi) is 5.25. The summed E-state index contributed by atoms with van der Waals surface area (Å²) in [5.74, 6) is 0. The normalized spacial score (nSPS) is 11.9. The van der Waals surface area contributed by atoms with Crippen molar-refractivity contribution in [3.8, 4) is 0 Å². The highest BCUT2D eigenvalue weighted by molar-refractivity contribution is 6.60. The van der Waals surface area contributed by atoms with E-state index in [-0.39, 0.29) is 0 Å². The van der Waals surface area contributed by atoms with Crippen LogP contribution in [0.4, 0.5) is 0 Å². The van der Waals surface area contributed by atoms with Crippen molar-refractivity contribution in [2.45, 2.75) is 18.9 Å². The number of pyridine rings is 1. The fourth-order valence-electron chi connectivity index (χ4n) is 2.32. The van der Waals surface area contributed by atoms with E-state index in [0.717, 1.165) is 24.4 Å². The van der Waals surface area contributed by atoms with Gasteiger partial charge in [-0.1, -0.05) is 18.2 Å². The molecule has 0 amide bonds. The van der Waals surface area contributed by atoms with Crippen LogP contribution in [-0.4, -0.2) is 35.1 Å². The van der Waals surface area contributed by atoms with Gasteiger partial charge in [-0.05, 0) is 30.5 Å². The Labute approximate surface area is 121 Å². The van der Waals surface area contributed by atoms with E-state index in [4.69, 9.17) is 13.3 Å². The molecular weight excluding hydrogens is 270 g/mol. The summed E-state index contributed by atoms with van der Waals surface area (Å²) in [5.41, 5.74) is 2.26. The lowest BCUT2D eigenvalue weighted by Crippen LogP contribution is -2.42. The average Bonchev–Trinajstić information content (AvgIpc) is 2.52. The van der Waals surface area contributed by atoms with Gasteiger partial charge < -0.3 is 13.3 Å². The number of hydrogen-bond acceptors (Lipinski definition) is 4. The molecule has 0 aliphatic heterocycles. The predicted molar refractivity (Wildman–Crippen MR) is 81.7 cm³/mol. The van der Waals surface area contributed by atoms with Crippen LogP contribution >= 0.6 is 0 Å². The van der Waals surface area contributed by atoms with E-state index in [0.29, 0.717) is 0 Å². The number of aromatic nitrogens is 1. The third-order valence-corrected chi connectivity index (χ3v) is 6.36. The van der Waals surface area contributed by atoms with Crippen LogP contribution in [0.15, 0.2) is 36.5 Å². The highest BCUT2D eigenvalue weighted by Crippen LogP contribution is 2.19. The summed E-state index contributed by atoms with van der Waals surface area (Å²) in [6.45, 7) is 0. The van der Waals surface area contributed by atoms with Gasteiger partial charge >= 0.3 is 8.80 Å². The van der Waals surface area contributed by atoms with Crippen LogP contribution in [0, 0.1) is 0 Å². The van der Waals surface area contributed by atoms with Crippen LogP contribution in [0.5, 0.6) is 0 Å². The monoisotopic (exact) mass is 291 g/mol. The number of para-hydroxylation sites is 1. The van der Waals surface area contributed by atoms with Crippen molar-refractivity contribution in [2.75, 3.05) is 21.3 Å². The first-order chi connectivity index (χ1) is 9.73. The Morgan fingerprint density at radius 2 is 1.75 bits per heavy atom. The van der Waals surface area contributed by atoms with Crippen LogP contribution in [0.25, 0.3) is 10.9 Å². The highest BCUT2D eigenvalue weighted by atomic mass is 28.4. The van der Waals surface area contributed by atoms with Gasteiger partial charge in [0.1, 0.15) is 0 Å². The molecule has 5 heteroatoms. The van der Waals surface area contributed by atoms with Crippen molar-refractivity contribution >= 4 is 19.7 Å². The summed E-state index contributed by atoms with van der Waals surface area (Å²) >= 11 is 0. The molecule has 0 atom stereocenters. The molecule has 0 bridgehead atoms. The Hall–Kier alpha value is -1.27.